The Labute approximate surface area is 134 Å². The summed E-state index contributed by atoms with van der Waals surface area (Å²) in [4.78, 5) is 13.4. The number of likely N-dealkylation sites (tertiary alicyclic amines) is 1. The van der Waals surface area contributed by atoms with Gasteiger partial charge in [0.1, 0.15) is 0 Å². The molecule has 22 heavy (non-hydrogen) atoms. The van der Waals surface area contributed by atoms with Crippen molar-refractivity contribution in [1.29, 1.82) is 0 Å². The first-order chi connectivity index (χ1) is 10.6. The van der Waals surface area contributed by atoms with Gasteiger partial charge < -0.3 is 0 Å². The van der Waals surface area contributed by atoms with Gasteiger partial charge in [0.05, 0.1) is 12.5 Å². The Morgan fingerprint density at radius 3 is 2.41 bits per heavy atom. The Balaban J connectivity index is 1.77. The van der Waals surface area contributed by atoms with Crippen LogP contribution < -0.4 is 0 Å². The lowest BCUT2D eigenvalue weighted by molar-refractivity contribution is -0.521. The Morgan fingerprint density at radius 2 is 1.77 bits per heavy atom. The monoisotopic (exact) mass is 316 g/mol. The summed E-state index contributed by atoms with van der Waals surface area (Å²) in [5, 5.41) is 12.1. The quantitative estimate of drug-likeness (QED) is 0.639. The van der Waals surface area contributed by atoms with Crippen molar-refractivity contribution >= 4 is 11.6 Å². The first-order valence-electron chi connectivity index (χ1n) is 7.29. The number of nitrogens with zero attached hydrogens (tertiary/aromatic N) is 2. The topological polar surface area (TPSA) is 46.4 Å². The summed E-state index contributed by atoms with van der Waals surface area (Å²) in [6.45, 7) is 1.92. The van der Waals surface area contributed by atoms with Crippen LogP contribution in [-0.2, 0) is 6.54 Å². The van der Waals surface area contributed by atoms with Crippen LogP contribution >= 0.6 is 11.6 Å². The lowest BCUT2D eigenvalue weighted by Gasteiger charge is -2.15. The van der Waals surface area contributed by atoms with Gasteiger partial charge in [-0.05, 0) is 23.3 Å². The molecule has 0 radical (unpaired) electrons. The highest BCUT2D eigenvalue weighted by molar-refractivity contribution is 6.30. The molecule has 2 aromatic rings. The van der Waals surface area contributed by atoms with Gasteiger partial charge in [-0.3, -0.25) is 15.0 Å². The second kappa shape index (κ2) is 6.46. The van der Waals surface area contributed by atoms with Crippen LogP contribution in [-0.4, -0.2) is 29.0 Å². The number of benzene rings is 2. The summed E-state index contributed by atoms with van der Waals surface area (Å²) >= 11 is 5.91. The summed E-state index contributed by atoms with van der Waals surface area (Å²) < 4.78 is 0. The molecule has 1 aliphatic heterocycles. The van der Waals surface area contributed by atoms with Gasteiger partial charge in [0.2, 0.25) is 6.04 Å². The van der Waals surface area contributed by atoms with E-state index in [4.69, 9.17) is 11.6 Å². The van der Waals surface area contributed by atoms with Crippen molar-refractivity contribution in [3.8, 4) is 0 Å². The number of halogens is 1. The highest BCUT2D eigenvalue weighted by Gasteiger charge is 2.41. The van der Waals surface area contributed by atoms with Crippen LogP contribution in [0.5, 0.6) is 0 Å². The summed E-state index contributed by atoms with van der Waals surface area (Å²) in [6.07, 6.45) is 0. The molecule has 2 atom stereocenters. The number of rotatable bonds is 4. The second-order valence-corrected chi connectivity index (χ2v) is 6.13. The molecule has 3 rings (SSSR count). The summed E-state index contributed by atoms with van der Waals surface area (Å²) in [6, 6.07) is 16.9. The Bertz CT molecular complexity index is 645. The zero-order valence-electron chi connectivity index (χ0n) is 12.1. The minimum Gasteiger partial charge on any atom is -0.292 e. The molecule has 0 N–H and O–H groups in total. The fourth-order valence-corrected chi connectivity index (χ4v) is 3.21. The first kappa shape index (κ1) is 15.0. The maximum Gasteiger partial charge on any atom is 0.233 e. The van der Waals surface area contributed by atoms with Gasteiger partial charge >= 0.3 is 0 Å². The van der Waals surface area contributed by atoms with Gasteiger partial charge in [-0.1, -0.05) is 54.1 Å². The highest BCUT2D eigenvalue weighted by atomic mass is 35.5. The number of hydrogen-bond donors (Lipinski definition) is 0. The van der Waals surface area contributed by atoms with Crippen molar-refractivity contribution in [1.82, 2.24) is 4.90 Å². The van der Waals surface area contributed by atoms with E-state index in [9.17, 15) is 10.1 Å². The molecule has 1 aliphatic rings. The van der Waals surface area contributed by atoms with Crippen molar-refractivity contribution < 1.29 is 4.92 Å². The molecular weight excluding hydrogens is 300 g/mol. The maximum absolute atomic E-state index is 11.4. The summed E-state index contributed by atoms with van der Waals surface area (Å²) in [7, 11) is 0. The normalized spacial score (nSPS) is 21.9. The van der Waals surface area contributed by atoms with Crippen LogP contribution in [0.25, 0.3) is 0 Å². The molecule has 114 valence electrons. The van der Waals surface area contributed by atoms with E-state index in [-0.39, 0.29) is 10.8 Å². The lowest BCUT2D eigenvalue weighted by Crippen LogP contribution is -2.28. The van der Waals surface area contributed by atoms with Crippen LogP contribution in [0.3, 0.4) is 0 Å². The molecule has 1 saturated heterocycles. The largest absolute Gasteiger partial charge is 0.292 e. The number of nitro groups is 1. The fraction of sp³-hybridized carbons (Fsp3) is 0.294. The van der Waals surface area contributed by atoms with E-state index in [1.807, 2.05) is 30.3 Å². The predicted molar refractivity (Wildman–Crippen MR) is 86.7 cm³/mol. The Hall–Kier alpha value is -1.91. The zero-order valence-corrected chi connectivity index (χ0v) is 12.8. The van der Waals surface area contributed by atoms with Gasteiger partial charge in [-0.2, -0.15) is 0 Å². The molecule has 1 heterocycles. The minimum atomic E-state index is -0.565. The molecule has 5 heteroatoms. The molecule has 2 unspecified atom stereocenters. The standard InChI is InChI=1S/C17H17ClN2O2/c18-15-8-6-14(7-9-15)16-11-19(12-17(16)20(21)22)10-13-4-2-1-3-5-13/h1-9,16-17H,10-12H2. The van der Waals surface area contributed by atoms with Crippen molar-refractivity contribution in [3.63, 3.8) is 0 Å². The average Bonchev–Trinajstić information content (AvgIpc) is 2.93. The SMILES string of the molecule is O=[N+]([O-])C1CN(Cc2ccccc2)CC1c1ccc(Cl)cc1. The zero-order chi connectivity index (χ0) is 15.5. The third-order valence-electron chi connectivity index (χ3n) is 4.18. The van der Waals surface area contributed by atoms with Crippen LogP contribution in [0.2, 0.25) is 5.02 Å². The van der Waals surface area contributed by atoms with Gasteiger partial charge in [-0.25, -0.2) is 0 Å². The third-order valence-corrected chi connectivity index (χ3v) is 4.43. The second-order valence-electron chi connectivity index (χ2n) is 5.69. The highest BCUT2D eigenvalue weighted by Crippen LogP contribution is 2.31. The molecule has 0 aliphatic carbocycles. The predicted octanol–water partition coefficient (Wildman–Crippen LogP) is 3.58. The molecule has 0 saturated carbocycles. The van der Waals surface area contributed by atoms with E-state index in [0.29, 0.717) is 18.1 Å². The Morgan fingerprint density at radius 1 is 1.09 bits per heavy atom. The van der Waals surface area contributed by atoms with E-state index in [2.05, 4.69) is 17.0 Å². The smallest absolute Gasteiger partial charge is 0.233 e. The molecule has 0 amide bonds. The first-order valence-corrected chi connectivity index (χ1v) is 7.66. The molecule has 2 aromatic carbocycles. The maximum atomic E-state index is 11.4. The van der Waals surface area contributed by atoms with Crippen molar-refractivity contribution in [2.75, 3.05) is 13.1 Å². The fourth-order valence-electron chi connectivity index (χ4n) is 3.09. The molecule has 0 bridgehead atoms. The van der Waals surface area contributed by atoms with E-state index >= 15 is 0 Å². The third kappa shape index (κ3) is 3.29. The van der Waals surface area contributed by atoms with Gasteiger partial charge in [0.15, 0.2) is 0 Å². The van der Waals surface area contributed by atoms with Crippen molar-refractivity contribution in [2.45, 2.75) is 18.5 Å². The van der Waals surface area contributed by atoms with Gasteiger partial charge in [0, 0.05) is 23.0 Å². The van der Waals surface area contributed by atoms with Crippen LogP contribution in [0.15, 0.2) is 54.6 Å². The van der Waals surface area contributed by atoms with Crippen LogP contribution in [0.4, 0.5) is 0 Å². The summed E-state index contributed by atoms with van der Waals surface area (Å²) in [5.74, 6) is -0.0871. The number of hydrogen-bond acceptors (Lipinski definition) is 3. The molecular formula is C17H17ClN2O2. The van der Waals surface area contributed by atoms with Gasteiger partial charge in [-0.15, -0.1) is 0 Å². The van der Waals surface area contributed by atoms with E-state index < -0.39 is 6.04 Å². The summed E-state index contributed by atoms with van der Waals surface area (Å²) in [5.41, 5.74) is 2.17. The van der Waals surface area contributed by atoms with E-state index in [0.717, 1.165) is 12.1 Å². The molecule has 4 nitrogen and oxygen atoms in total. The Kier molecular flexibility index (Phi) is 4.41. The average molecular weight is 317 g/mol. The van der Waals surface area contributed by atoms with Crippen molar-refractivity contribution in [2.24, 2.45) is 0 Å². The van der Waals surface area contributed by atoms with Crippen LogP contribution in [0, 0.1) is 10.1 Å². The van der Waals surface area contributed by atoms with E-state index in [1.165, 1.54) is 5.56 Å². The van der Waals surface area contributed by atoms with Crippen molar-refractivity contribution in [3.05, 3.63) is 80.9 Å². The van der Waals surface area contributed by atoms with Gasteiger partial charge in [0.25, 0.3) is 0 Å². The molecule has 0 aromatic heterocycles. The molecule has 1 fully saturated rings. The minimum absolute atomic E-state index is 0.0871. The molecule has 0 spiro atoms. The lowest BCUT2D eigenvalue weighted by atomic mass is 9.95. The van der Waals surface area contributed by atoms with Crippen LogP contribution in [0.1, 0.15) is 17.0 Å². The van der Waals surface area contributed by atoms with E-state index in [1.54, 1.807) is 12.1 Å².